The second-order valence-electron chi connectivity index (χ2n) is 15.9. The summed E-state index contributed by atoms with van der Waals surface area (Å²) in [7, 11) is 1.30. The first-order valence-electron chi connectivity index (χ1n) is 21.4. The van der Waals surface area contributed by atoms with E-state index in [4.69, 9.17) is 14.2 Å². The number of aromatic hydroxyl groups is 1. The summed E-state index contributed by atoms with van der Waals surface area (Å²) >= 11 is 0. The van der Waals surface area contributed by atoms with Crippen molar-refractivity contribution in [3.8, 4) is 17.2 Å². The van der Waals surface area contributed by atoms with E-state index in [1.807, 2.05) is 18.2 Å². The molecule has 1 aromatic heterocycles. The van der Waals surface area contributed by atoms with Gasteiger partial charge in [0.2, 0.25) is 11.2 Å². The molecule has 6 N–H and O–H groups in total. The van der Waals surface area contributed by atoms with Crippen LogP contribution in [0.4, 0.5) is 4.39 Å². The van der Waals surface area contributed by atoms with Crippen molar-refractivity contribution in [2.24, 2.45) is 5.92 Å². The number of piperidine rings is 1. The molecule has 1 aliphatic rings. The van der Waals surface area contributed by atoms with E-state index < -0.39 is 29.4 Å². The van der Waals surface area contributed by atoms with Crippen LogP contribution in [0.15, 0.2) is 126 Å². The molecule has 1 saturated heterocycles. The average Bonchev–Trinajstić information content (AvgIpc) is 3.31. The zero-order valence-electron chi connectivity index (χ0n) is 35.6. The van der Waals surface area contributed by atoms with Crippen LogP contribution in [0.3, 0.4) is 0 Å². The smallest absolute Gasteiger partial charge is 0.347 e. The number of H-pyrrole nitrogens is 1. The number of hydrogen-bond acceptors (Lipinski definition) is 11. The maximum atomic E-state index is 15.6. The number of fused-ring (bicyclic) bond motifs is 1. The molecule has 2 atom stereocenters. The van der Waals surface area contributed by atoms with Gasteiger partial charge in [0, 0.05) is 48.8 Å². The maximum Gasteiger partial charge on any atom is 0.347 e. The lowest BCUT2D eigenvalue weighted by molar-refractivity contribution is -0.164. The topological polar surface area (TPSA) is 183 Å². The van der Waals surface area contributed by atoms with Gasteiger partial charge in [-0.2, -0.15) is 0 Å². The van der Waals surface area contributed by atoms with Crippen LogP contribution in [0.5, 0.6) is 17.2 Å². The summed E-state index contributed by atoms with van der Waals surface area (Å²) in [4.78, 5) is 43.6. The Balaban J connectivity index is 0.895. The summed E-state index contributed by atoms with van der Waals surface area (Å²) in [6.07, 6.45) is 1.09. The minimum atomic E-state index is -2.09. The first-order chi connectivity index (χ1) is 31.0. The number of phenolic OH excluding ortho intramolecular Hbond substituents is 1. The van der Waals surface area contributed by atoms with Gasteiger partial charge in [-0.1, -0.05) is 84.9 Å². The van der Waals surface area contributed by atoms with Gasteiger partial charge in [0.1, 0.15) is 11.5 Å². The van der Waals surface area contributed by atoms with Crippen molar-refractivity contribution in [2.45, 2.75) is 44.1 Å². The zero-order chi connectivity index (χ0) is 45.1. The van der Waals surface area contributed by atoms with Crippen molar-refractivity contribution >= 4 is 22.8 Å². The Morgan fingerprint density at radius 1 is 0.922 bits per heavy atom. The Hall–Kier alpha value is -6.58. The van der Waals surface area contributed by atoms with Crippen LogP contribution in [0.1, 0.15) is 63.5 Å². The third-order valence-corrected chi connectivity index (χ3v) is 11.6. The number of aliphatic hydroxyl groups excluding tert-OH is 1. The van der Waals surface area contributed by atoms with Gasteiger partial charge in [0.05, 0.1) is 37.5 Å². The lowest BCUT2D eigenvalue weighted by Crippen LogP contribution is -2.40. The molecule has 0 radical (unpaired) electrons. The molecule has 1 aliphatic heterocycles. The summed E-state index contributed by atoms with van der Waals surface area (Å²) in [6.45, 7) is 3.34. The predicted octanol–water partition coefficient (Wildman–Crippen LogP) is 6.09. The SMILES string of the molecule is COc1c(CNCC(O)c2ccc(O)c3[nH]c(=O)ccc23)ccc(C(=O)NCCCOc2cccc(C(O)(C(=O)OCC3CCN(Cc4ccccc4)CC3)c3ccccc3)c2)c1F. The van der Waals surface area contributed by atoms with Gasteiger partial charge in [0.25, 0.3) is 5.91 Å². The Morgan fingerprint density at radius 3 is 2.41 bits per heavy atom. The average molecular weight is 873 g/mol. The molecule has 2 heterocycles. The van der Waals surface area contributed by atoms with Crippen molar-refractivity contribution in [1.29, 1.82) is 0 Å². The molecule has 0 aliphatic carbocycles. The van der Waals surface area contributed by atoms with Crippen LogP contribution in [-0.2, 0) is 28.2 Å². The molecular weight excluding hydrogens is 820 g/mol. The second kappa shape index (κ2) is 21.2. The number of nitrogens with zero attached hydrogens (tertiary/aromatic N) is 1. The number of benzene rings is 5. The van der Waals surface area contributed by atoms with Crippen LogP contribution < -0.4 is 25.7 Å². The Labute approximate surface area is 370 Å². The van der Waals surface area contributed by atoms with E-state index >= 15 is 4.39 Å². The summed E-state index contributed by atoms with van der Waals surface area (Å²) in [5, 5.41) is 39.5. The molecule has 13 nitrogen and oxygen atoms in total. The highest BCUT2D eigenvalue weighted by Gasteiger charge is 2.42. The summed E-state index contributed by atoms with van der Waals surface area (Å²) in [6, 6.07) is 34.4. The largest absolute Gasteiger partial charge is 0.506 e. The normalized spacial score (nSPS) is 14.7. The fraction of sp³-hybridized carbons (Fsp3) is 0.300. The highest BCUT2D eigenvalue weighted by molar-refractivity contribution is 5.95. The molecule has 0 bridgehead atoms. The molecule has 1 fully saturated rings. The Kier molecular flexibility index (Phi) is 15.0. The molecule has 0 saturated carbocycles. The lowest BCUT2D eigenvalue weighted by atomic mass is 9.86. The molecule has 14 heteroatoms. The van der Waals surface area contributed by atoms with Gasteiger partial charge >= 0.3 is 5.97 Å². The standard InChI is InChI=1S/C50H53FN4O9/c1-62-47-35(29-52-30-43(57)39-18-20-42(56)46-40(39)19-21-44(58)54-46)16-17-41(45(47)51)48(59)53-24-9-27-63-38-15-8-14-37(28-38)50(61,36-12-6-3-7-13-36)49(60)64-32-34-22-25-55(26-23-34)31-33-10-4-2-5-11-33/h2-8,10-21,28,34,43,52,56-57,61H,9,22-27,29-32H2,1H3,(H,53,59)(H,54,58). The molecule has 2 unspecified atom stereocenters. The molecule has 5 aromatic carbocycles. The van der Waals surface area contributed by atoms with Gasteiger partial charge in [-0.05, 0) is 85.3 Å². The number of ether oxygens (including phenoxy) is 3. The minimum absolute atomic E-state index is 0.0504. The third-order valence-electron chi connectivity index (χ3n) is 11.6. The number of carbonyl (C=O) groups is 2. The van der Waals surface area contributed by atoms with E-state index in [9.17, 15) is 29.7 Å². The summed E-state index contributed by atoms with van der Waals surface area (Å²) < 4.78 is 32.8. The molecule has 7 rings (SSSR count). The fourth-order valence-electron chi connectivity index (χ4n) is 8.04. The molecule has 6 aromatic rings. The highest BCUT2D eigenvalue weighted by atomic mass is 19.1. The van der Waals surface area contributed by atoms with E-state index in [1.54, 1.807) is 66.7 Å². The van der Waals surface area contributed by atoms with Crippen molar-refractivity contribution in [2.75, 3.05) is 46.5 Å². The number of rotatable bonds is 19. The van der Waals surface area contributed by atoms with Crippen molar-refractivity contribution < 1.29 is 43.5 Å². The fourth-order valence-corrected chi connectivity index (χ4v) is 8.04. The number of pyridine rings is 1. The number of likely N-dealkylation sites (tertiary alicyclic amines) is 1. The minimum Gasteiger partial charge on any atom is -0.506 e. The number of aromatic nitrogens is 1. The first kappa shape index (κ1) is 45.4. The molecule has 334 valence electrons. The van der Waals surface area contributed by atoms with Gasteiger partial charge in [-0.3, -0.25) is 14.5 Å². The lowest BCUT2D eigenvalue weighted by Gasteiger charge is -2.33. The van der Waals surface area contributed by atoms with Crippen molar-refractivity contribution in [3.05, 3.63) is 171 Å². The van der Waals surface area contributed by atoms with Crippen molar-refractivity contribution in [1.82, 2.24) is 20.5 Å². The number of halogens is 1. The van der Waals surface area contributed by atoms with Crippen LogP contribution in [0.2, 0.25) is 0 Å². The third kappa shape index (κ3) is 10.8. The van der Waals surface area contributed by atoms with Crippen molar-refractivity contribution in [3.63, 3.8) is 0 Å². The maximum absolute atomic E-state index is 15.6. The Morgan fingerprint density at radius 2 is 1.66 bits per heavy atom. The number of aromatic amines is 1. The highest BCUT2D eigenvalue weighted by Crippen LogP contribution is 2.34. The summed E-state index contributed by atoms with van der Waals surface area (Å²) in [5.41, 5.74) is 0.338. The quantitative estimate of drug-likeness (QED) is 0.0409. The number of esters is 1. The first-order valence-corrected chi connectivity index (χ1v) is 21.4. The number of hydrogen-bond donors (Lipinski definition) is 6. The number of methoxy groups -OCH3 is 1. The molecule has 64 heavy (non-hydrogen) atoms. The zero-order valence-corrected chi connectivity index (χ0v) is 35.6. The van der Waals surface area contributed by atoms with E-state index in [2.05, 4.69) is 32.7 Å². The van der Waals surface area contributed by atoms with Gasteiger partial charge in [-0.15, -0.1) is 0 Å². The van der Waals surface area contributed by atoms with Gasteiger partial charge in [-0.25, -0.2) is 9.18 Å². The van der Waals surface area contributed by atoms with Crippen LogP contribution in [-0.4, -0.2) is 83.6 Å². The predicted molar refractivity (Wildman–Crippen MR) is 240 cm³/mol. The van der Waals surface area contributed by atoms with Gasteiger partial charge in [0.15, 0.2) is 11.6 Å². The number of phenols is 1. The van der Waals surface area contributed by atoms with E-state index in [0.29, 0.717) is 34.2 Å². The molecule has 1 amide bonds. The Bertz CT molecular complexity index is 2580. The van der Waals surface area contributed by atoms with Crippen LogP contribution in [0.25, 0.3) is 10.9 Å². The number of nitrogens with one attached hydrogen (secondary N) is 3. The molecular formula is C50H53FN4O9. The number of aliphatic hydroxyl groups is 2. The van der Waals surface area contributed by atoms with Crippen LogP contribution >= 0.6 is 0 Å². The van der Waals surface area contributed by atoms with Gasteiger partial charge < -0.3 is 45.1 Å². The molecule has 0 spiro atoms. The second-order valence-corrected chi connectivity index (χ2v) is 15.9. The van der Waals surface area contributed by atoms with E-state index in [1.165, 1.54) is 36.9 Å². The number of carbonyl (C=O) groups excluding carboxylic acids is 2. The number of amides is 1. The van der Waals surface area contributed by atoms with E-state index in [-0.39, 0.29) is 72.5 Å². The van der Waals surface area contributed by atoms with E-state index in [0.717, 1.165) is 32.5 Å². The monoisotopic (exact) mass is 872 g/mol. The van der Waals surface area contributed by atoms with Crippen LogP contribution in [0, 0.1) is 11.7 Å². The summed E-state index contributed by atoms with van der Waals surface area (Å²) in [5.74, 6) is -1.92.